The van der Waals surface area contributed by atoms with Gasteiger partial charge in [-0.25, -0.2) is 0 Å². The molecule has 0 radical (unpaired) electrons. The number of carbonyl (C=O) groups excluding carboxylic acids is 1. The molecule has 0 saturated carbocycles. The molecule has 0 aromatic heterocycles. The van der Waals surface area contributed by atoms with Crippen LogP contribution in [0.4, 0.5) is 5.69 Å². The lowest BCUT2D eigenvalue weighted by Gasteiger charge is -2.18. The Bertz CT molecular complexity index is 554. The van der Waals surface area contributed by atoms with Crippen LogP contribution in [0.25, 0.3) is 0 Å². The van der Waals surface area contributed by atoms with Crippen molar-refractivity contribution in [3.8, 4) is 5.75 Å². The second-order valence-electron chi connectivity index (χ2n) is 5.49. The monoisotopic (exact) mass is 321 g/mol. The van der Waals surface area contributed by atoms with Gasteiger partial charge in [0.2, 0.25) is 0 Å². The normalized spacial score (nSPS) is 15.9. The van der Waals surface area contributed by atoms with E-state index in [2.05, 4.69) is 10.2 Å². The summed E-state index contributed by atoms with van der Waals surface area (Å²) in [4.78, 5) is 25.2. The van der Waals surface area contributed by atoms with Gasteiger partial charge in [-0.15, -0.1) is 0 Å². The highest BCUT2D eigenvalue weighted by molar-refractivity contribution is 5.97. The van der Waals surface area contributed by atoms with E-state index in [1.54, 1.807) is 13.0 Å². The van der Waals surface area contributed by atoms with Gasteiger partial charge in [-0.1, -0.05) is 0 Å². The first-order valence-electron chi connectivity index (χ1n) is 7.99. The molecule has 1 aliphatic rings. The molecule has 1 aromatic carbocycles. The first-order chi connectivity index (χ1) is 11.1. The molecule has 1 aliphatic heterocycles. The molecule has 1 aromatic rings. The van der Waals surface area contributed by atoms with Gasteiger partial charge in [0.25, 0.3) is 0 Å². The zero-order valence-electron chi connectivity index (χ0n) is 13.4. The van der Waals surface area contributed by atoms with Crippen molar-refractivity contribution in [1.82, 2.24) is 10.2 Å². The number of carbonyl (C=O) groups is 1. The van der Waals surface area contributed by atoms with Gasteiger partial charge in [-0.05, 0) is 38.6 Å². The van der Waals surface area contributed by atoms with Gasteiger partial charge in [0.15, 0.2) is 11.5 Å². The van der Waals surface area contributed by atoms with E-state index in [-0.39, 0.29) is 17.2 Å². The lowest BCUT2D eigenvalue weighted by molar-refractivity contribution is -0.385. The molecule has 1 heterocycles. The van der Waals surface area contributed by atoms with Crippen molar-refractivity contribution in [3.05, 3.63) is 33.9 Å². The number of ether oxygens (including phenoxy) is 1. The molecule has 0 aliphatic carbocycles. The van der Waals surface area contributed by atoms with Crippen molar-refractivity contribution in [3.63, 3.8) is 0 Å². The first-order valence-corrected chi connectivity index (χ1v) is 7.99. The summed E-state index contributed by atoms with van der Waals surface area (Å²) in [7, 11) is 0. The van der Waals surface area contributed by atoms with E-state index >= 15 is 0 Å². The van der Waals surface area contributed by atoms with E-state index in [0.29, 0.717) is 25.1 Å². The summed E-state index contributed by atoms with van der Waals surface area (Å²) in [6.45, 7) is 6.64. The highest BCUT2D eigenvalue weighted by Crippen LogP contribution is 2.28. The van der Waals surface area contributed by atoms with Crippen LogP contribution < -0.4 is 10.1 Å². The number of hydrogen-bond donors (Lipinski definition) is 1. The maximum absolute atomic E-state index is 12.3. The largest absolute Gasteiger partial charge is 0.487 e. The van der Waals surface area contributed by atoms with Crippen LogP contribution in [-0.2, 0) is 0 Å². The van der Waals surface area contributed by atoms with E-state index < -0.39 is 4.92 Å². The maximum atomic E-state index is 12.3. The van der Waals surface area contributed by atoms with Crippen LogP contribution in [0.1, 0.15) is 30.1 Å². The summed E-state index contributed by atoms with van der Waals surface area (Å²) in [6, 6.07) is 4.42. The molecular formula is C16H23N3O4. The molecule has 0 amide bonds. The van der Waals surface area contributed by atoms with Crippen molar-refractivity contribution in [2.24, 2.45) is 0 Å². The quantitative estimate of drug-likeness (QED) is 0.469. The van der Waals surface area contributed by atoms with E-state index in [1.807, 2.05) is 0 Å². The summed E-state index contributed by atoms with van der Waals surface area (Å²) in [5.41, 5.74) is 0.213. The lowest BCUT2D eigenvalue weighted by atomic mass is 10.1. The van der Waals surface area contributed by atoms with E-state index in [1.165, 1.54) is 12.1 Å². The highest BCUT2D eigenvalue weighted by Gasteiger charge is 2.19. The molecule has 2 rings (SSSR count). The fraction of sp³-hybridized carbons (Fsp3) is 0.562. The maximum Gasteiger partial charge on any atom is 0.311 e. The number of ketones is 1. The third-order valence-corrected chi connectivity index (χ3v) is 3.87. The smallest absolute Gasteiger partial charge is 0.311 e. The van der Waals surface area contributed by atoms with Gasteiger partial charge in [0, 0.05) is 37.7 Å². The van der Waals surface area contributed by atoms with Gasteiger partial charge >= 0.3 is 5.69 Å². The fourth-order valence-electron chi connectivity index (χ4n) is 2.64. The van der Waals surface area contributed by atoms with Gasteiger partial charge in [-0.3, -0.25) is 14.9 Å². The van der Waals surface area contributed by atoms with Crippen LogP contribution in [0.15, 0.2) is 18.2 Å². The van der Waals surface area contributed by atoms with Gasteiger partial charge < -0.3 is 15.0 Å². The fourth-order valence-corrected chi connectivity index (χ4v) is 2.64. The van der Waals surface area contributed by atoms with Crippen molar-refractivity contribution in [2.75, 3.05) is 39.3 Å². The number of benzene rings is 1. The molecule has 0 unspecified atom stereocenters. The zero-order valence-corrected chi connectivity index (χ0v) is 13.4. The second kappa shape index (κ2) is 8.59. The third kappa shape index (κ3) is 5.01. The average Bonchev–Trinajstić information content (AvgIpc) is 2.81. The predicted octanol–water partition coefficient (Wildman–Crippen LogP) is 1.86. The Morgan fingerprint density at radius 3 is 2.96 bits per heavy atom. The number of nitrogens with one attached hydrogen (secondary N) is 1. The standard InChI is InChI=1S/C16H23N3O4/c1-2-23-16-5-4-13(12-14(16)19(21)22)15(20)6-10-18-9-3-7-17-8-11-18/h4-5,12,17H,2-3,6-11H2,1H3. The van der Waals surface area contributed by atoms with Crippen molar-refractivity contribution in [2.45, 2.75) is 19.8 Å². The third-order valence-electron chi connectivity index (χ3n) is 3.87. The molecule has 23 heavy (non-hydrogen) atoms. The molecule has 1 N–H and O–H groups in total. The van der Waals surface area contributed by atoms with Gasteiger partial charge in [0.05, 0.1) is 11.5 Å². The van der Waals surface area contributed by atoms with E-state index in [9.17, 15) is 14.9 Å². The Labute approximate surface area is 135 Å². The minimum Gasteiger partial charge on any atom is -0.487 e. The number of rotatable bonds is 7. The SMILES string of the molecule is CCOc1ccc(C(=O)CCN2CCCNCC2)cc1[N+](=O)[O-]. The Balaban J connectivity index is 2.00. The van der Waals surface area contributed by atoms with Crippen LogP contribution in [0.2, 0.25) is 0 Å². The molecule has 7 nitrogen and oxygen atoms in total. The predicted molar refractivity (Wildman–Crippen MR) is 87.1 cm³/mol. The Kier molecular flexibility index (Phi) is 6.49. The summed E-state index contributed by atoms with van der Waals surface area (Å²) in [6.07, 6.45) is 1.44. The number of nitro benzene ring substituents is 1. The molecule has 0 bridgehead atoms. The number of nitrogens with zero attached hydrogens (tertiary/aromatic N) is 2. The van der Waals surface area contributed by atoms with E-state index in [4.69, 9.17) is 4.74 Å². The molecule has 0 atom stereocenters. The lowest BCUT2D eigenvalue weighted by Crippen LogP contribution is -2.30. The minimum atomic E-state index is -0.512. The molecule has 1 saturated heterocycles. The zero-order chi connectivity index (χ0) is 16.7. The molecular weight excluding hydrogens is 298 g/mol. The summed E-state index contributed by atoms with van der Waals surface area (Å²) in [5, 5.41) is 14.4. The Morgan fingerprint density at radius 1 is 1.39 bits per heavy atom. The second-order valence-corrected chi connectivity index (χ2v) is 5.49. The van der Waals surface area contributed by atoms with Crippen LogP contribution in [-0.4, -0.2) is 54.9 Å². The van der Waals surface area contributed by atoms with Crippen molar-refractivity contribution < 1.29 is 14.5 Å². The molecule has 0 spiro atoms. The van der Waals surface area contributed by atoms with Crippen LogP contribution in [0, 0.1) is 10.1 Å². The molecule has 7 heteroatoms. The van der Waals surface area contributed by atoms with E-state index in [0.717, 1.165) is 32.6 Å². The first kappa shape index (κ1) is 17.4. The number of Topliss-reactive ketones (excluding diaryl/α,β-unsaturated/α-hetero) is 1. The minimum absolute atomic E-state index is 0.0756. The van der Waals surface area contributed by atoms with Crippen LogP contribution in [0.3, 0.4) is 0 Å². The summed E-state index contributed by atoms with van der Waals surface area (Å²) < 4.78 is 5.23. The van der Waals surface area contributed by atoms with Gasteiger partial charge in [-0.2, -0.15) is 0 Å². The topological polar surface area (TPSA) is 84.7 Å². The van der Waals surface area contributed by atoms with Crippen molar-refractivity contribution >= 4 is 11.5 Å². The molecule has 1 fully saturated rings. The highest BCUT2D eigenvalue weighted by atomic mass is 16.6. The summed E-state index contributed by atoms with van der Waals surface area (Å²) >= 11 is 0. The number of nitro groups is 1. The number of hydrogen-bond acceptors (Lipinski definition) is 6. The Morgan fingerprint density at radius 2 is 2.22 bits per heavy atom. The van der Waals surface area contributed by atoms with Crippen LogP contribution >= 0.6 is 0 Å². The van der Waals surface area contributed by atoms with Crippen LogP contribution in [0.5, 0.6) is 5.75 Å². The van der Waals surface area contributed by atoms with Crippen molar-refractivity contribution in [1.29, 1.82) is 0 Å². The summed E-state index contributed by atoms with van der Waals surface area (Å²) in [5.74, 6) is 0.126. The Hall–Kier alpha value is -1.99. The average molecular weight is 321 g/mol. The van der Waals surface area contributed by atoms with Gasteiger partial charge in [0.1, 0.15) is 0 Å². The molecule has 126 valence electrons.